The molecule has 0 aliphatic carbocycles. The Bertz CT molecular complexity index is 555. The molecule has 0 saturated carbocycles. The second-order valence-electron chi connectivity index (χ2n) is 3.66. The van der Waals surface area contributed by atoms with Crippen LogP contribution in [0.2, 0.25) is 0 Å². The maximum absolute atomic E-state index is 11.7. The van der Waals surface area contributed by atoms with Crippen LogP contribution in [0.4, 0.5) is 0 Å². The van der Waals surface area contributed by atoms with Crippen LogP contribution >= 0.6 is 11.8 Å². The summed E-state index contributed by atoms with van der Waals surface area (Å²) in [7, 11) is 1.57. The Labute approximate surface area is 110 Å². The highest BCUT2D eigenvalue weighted by Crippen LogP contribution is 2.34. The molecule has 0 aliphatic rings. The number of rotatable bonds is 4. The molecular weight excluding hydrogens is 246 g/mol. The quantitative estimate of drug-likeness (QED) is 0.788. The van der Waals surface area contributed by atoms with Gasteiger partial charge in [0.25, 0.3) is 0 Å². The molecule has 0 N–H and O–H groups in total. The fraction of sp³-hybridized carbons (Fsp3) is 0.143. The molecule has 0 bridgehead atoms. The van der Waals surface area contributed by atoms with Crippen LogP contribution in [0.5, 0.6) is 5.75 Å². The third-order valence-electron chi connectivity index (χ3n) is 2.41. The number of benzene rings is 1. The molecule has 4 heteroatoms. The summed E-state index contributed by atoms with van der Waals surface area (Å²) in [6.45, 7) is 1.54. The zero-order chi connectivity index (χ0) is 13.0. The number of carbonyl (C=O) groups excluding carboxylic acids is 1. The molecule has 3 nitrogen and oxygen atoms in total. The van der Waals surface area contributed by atoms with Gasteiger partial charge in [0.1, 0.15) is 10.8 Å². The Morgan fingerprint density at radius 1 is 1.22 bits per heavy atom. The molecule has 2 aromatic rings. The minimum absolute atomic E-state index is 0.00844. The zero-order valence-electron chi connectivity index (χ0n) is 10.2. The number of hydrogen-bond donors (Lipinski definition) is 0. The Hall–Kier alpha value is -1.81. The van der Waals surface area contributed by atoms with Gasteiger partial charge in [-0.25, -0.2) is 4.98 Å². The average Bonchev–Trinajstić information content (AvgIpc) is 2.39. The molecule has 0 saturated heterocycles. The lowest BCUT2D eigenvalue weighted by molar-refractivity contribution is 0.101. The van der Waals surface area contributed by atoms with E-state index in [1.807, 2.05) is 30.3 Å². The predicted molar refractivity (Wildman–Crippen MR) is 71.4 cm³/mol. The van der Waals surface area contributed by atoms with E-state index in [4.69, 9.17) is 4.74 Å². The van der Waals surface area contributed by atoms with Crippen molar-refractivity contribution >= 4 is 17.5 Å². The van der Waals surface area contributed by atoms with E-state index in [0.29, 0.717) is 11.3 Å². The number of methoxy groups -OCH3 is 1. The van der Waals surface area contributed by atoms with Crippen molar-refractivity contribution < 1.29 is 9.53 Å². The fourth-order valence-electron chi connectivity index (χ4n) is 1.63. The summed E-state index contributed by atoms with van der Waals surface area (Å²) in [5.41, 5.74) is 0.607. The summed E-state index contributed by atoms with van der Waals surface area (Å²) in [5, 5.41) is 0.855. The normalized spacial score (nSPS) is 10.1. The van der Waals surface area contributed by atoms with Crippen molar-refractivity contribution in [3.05, 3.63) is 48.2 Å². The topological polar surface area (TPSA) is 39.2 Å². The standard InChI is InChI=1S/C14H13NO2S/c1-10(16)14-11(17-2)6-5-7-12(14)18-13-8-3-4-9-15-13/h3-9H,1-2H3. The van der Waals surface area contributed by atoms with E-state index in [1.165, 1.54) is 11.8 Å². The molecule has 2 rings (SSSR count). The second-order valence-corrected chi connectivity index (χ2v) is 4.72. The van der Waals surface area contributed by atoms with Crippen molar-refractivity contribution in [2.45, 2.75) is 16.8 Å². The van der Waals surface area contributed by atoms with Gasteiger partial charge < -0.3 is 4.74 Å². The van der Waals surface area contributed by atoms with Crippen molar-refractivity contribution in [1.82, 2.24) is 4.98 Å². The van der Waals surface area contributed by atoms with Gasteiger partial charge in [0, 0.05) is 11.1 Å². The summed E-state index contributed by atoms with van der Waals surface area (Å²) in [6.07, 6.45) is 1.73. The lowest BCUT2D eigenvalue weighted by Gasteiger charge is -2.10. The van der Waals surface area contributed by atoms with Gasteiger partial charge in [-0.3, -0.25) is 4.79 Å². The van der Waals surface area contributed by atoms with Gasteiger partial charge in [-0.15, -0.1) is 0 Å². The Morgan fingerprint density at radius 2 is 2.06 bits per heavy atom. The first-order valence-electron chi connectivity index (χ1n) is 5.49. The van der Waals surface area contributed by atoms with E-state index in [2.05, 4.69) is 4.98 Å². The van der Waals surface area contributed by atoms with Crippen LogP contribution in [0.15, 0.2) is 52.5 Å². The Morgan fingerprint density at radius 3 is 2.67 bits per heavy atom. The number of ether oxygens (including phenoxy) is 1. The molecule has 0 aliphatic heterocycles. The van der Waals surface area contributed by atoms with Gasteiger partial charge in [-0.05, 0) is 31.2 Å². The number of ketones is 1. The van der Waals surface area contributed by atoms with E-state index in [9.17, 15) is 4.79 Å². The molecular formula is C14H13NO2S. The maximum Gasteiger partial charge on any atom is 0.164 e. The van der Waals surface area contributed by atoms with Crippen LogP contribution in [0.1, 0.15) is 17.3 Å². The summed E-state index contributed by atoms with van der Waals surface area (Å²) < 4.78 is 5.23. The fourth-order valence-corrected chi connectivity index (χ4v) is 2.61. The summed E-state index contributed by atoms with van der Waals surface area (Å²) in [6, 6.07) is 11.3. The van der Waals surface area contributed by atoms with Gasteiger partial charge in [-0.1, -0.05) is 23.9 Å². The van der Waals surface area contributed by atoms with Gasteiger partial charge in [0.2, 0.25) is 0 Å². The van der Waals surface area contributed by atoms with Crippen molar-refractivity contribution in [3.63, 3.8) is 0 Å². The summed E-state index contributed by atoms with van der Waals surface area (Å²) in [4.78, 5) is 16.8. The maximum atomic E-state index is 11.7. The predicted octanol–water partition coefficient (Wildman–Crippen LogP) is 3.44. The van der Waals surface area contributed by atoms with E-state index >= 15 is 0 Å². The highest BCUT2D eigenvalue weighted by Gasteiger charge is 2.14. The molecule has 1 aromatic heterocycles. The molecule has 1 heterocycles. The van der Waals surface area contributed by atoms with E-state index in [1.54, 1.807) is 26.3 Å². The first kappa shape index (κ1) is 12.6. The lowest BCUT2D eigenvalue weighted by atomic mass is 10.1. The first-order valence-corrected chi connectivity index (χ1v) is 6.31. The van der Waals surface area contributed by atoms with Crippen LogP contribution < -0.4 is 4.74 Å². The van der Waals surface area contributed by atoms with Crippen LogP contribution in [0, 0.1) is 0 Å². The van der Waals surface area contributed by atoms with Crippen molar-refractivity contribution in [1.29, 1.82) is 0 Å². The van der Waals surface area contributed by atoms with E-state index in [-0.39, 0.29) is 5.78 Å². The molecule has 0 atom stereocenters. The van der Waals surface area contributed by atoms with Gasteiger partial charge in [0.15, 0.2) is 5.78 Å². The molecule has 0 spiro atoms. The molecule has 0 fully saturated rings. The van der Waals surface area contributed by atoms with Gasteiger partial charge >= 0.3 is 0 Å². The molecule has 0 radical (unpaired) electrons. The largest absolute Gasteiger partial charge is 0.496 e. The van der Waals surface area contributed by atoms with Crippen LogP contribution in [-0.4, -0.2) is 17.9 Å². The van der Waals surface area contributed by atoms with Crippen LogP contribution in [0.3, 0.4) is 0 Å². The second kappa shape index (κ2) is 5.69. The third-order valence-corrected chi connectivity index (χ3v) is 3.42. The Kier molecular flexibility index (Phi) is 3.99. The van der Waals surface area contributed by atoms with Crippen LogP contribution in [0.25, 0.3) is 0 Å². The lowest BCUT2D eigenvalue weighted by Crippen LogP contribution is -1.99. The Balaban J connectivity index is 2.42. The number of Topliss-reactive ketones (excluding diaryl/α,β-unsaturated/α-hetero) is 1. The summed E-state index contributed by atoms with van der Waals surface area (Å²) in [5.74, 6) is 0.592. The molecule has 18 heavy (non-hydrogen) atoms. The number of pyridine rings is 1. The smallest absolute Gasteiger partial charge is 0.164 e. The minimum Gasteiger partial charge on any atom is -0.496 e. The highest BCUT2D eigenvalue weighted by molar-refractivity contribution is 7.99. The molecule has 0 unspecified atom stereocenters. The van der Waals surface area contributed by atoms with Gasteiger partial charge in [-0.2, -0.15) is 0 Å². The van der Waals surface area contributed by atoms with Crippen molar-refractivity contribution in [3.8, 4) is 5.75 Å². The van der Waals surface area contributed by atoms with Crippen molar-refractivity contribution in [2.24, 2.45) is 0 Å². The first-order chi connectivity index (χ1) is 8.72. The van der Waals surface area contributed by atoms with Gasteiger partial charge in [0.05, 0.1) is 12.7 Å². The SMILES string of the molecule is COc1cccc(Sc2ccccn2)c1C(C)=O. The van der Waals surface area contributed by atoms with Crippen LogP contribution in [-0.2, 0) is 0 Å². The zero-order valence-corrected chi connectivity index (χ0v) is 11.0. The molecule has 92 valence electrons. The molecule has 0 amide bonds. The number of hydrogen-bond acceptors (Lipinski definition) is 4. The van der Waals surface area contributed by atoms with E-state index < -0.39 is 0 Å². The number of nitrogens with zero attached hydrogens (tertiary/aromatic N) is 1. The minimum atomic E-state index is -0.00844. The monoisotopic (exact) mass is 259 g/mol. The number of aromatic nitrogens is 1. The highest BCUT2D eigenvalue weighted by atomic mass is 32.2. The average molecular weight is 259 g/mol. The number of carbonyl (C=O) groups is 1. The summed E-state index contributed by atoms with van der Waals surface area (Å²) >= 11 is 1.46. The molecule has 1 aromatic carbocycles. The van der Waals surface area contributed by atoms with Crippen molar-refractivity contribution in [2.75, 3.05) is 7.11 Å². The third kappa shape index (κ3) is 2.71. The van der Waals surface area contributed by atoms with E-state index in [0.717, 1.165) is 9.92 Å².